The van der Waals surface area contributed by atoms with E-state index in [1.807, 2.05) is 30.3 Å². The molecule has 1 N–H and O–H groups in total. The van der Waals surface area contributed by atoms with Crippen molar-refractivity contribution in [3.63, 3.8) is 0 Å². The molecule has 3 rings (SSSR count). The highest BCUT2D eigenvalue weighted by molar-refractivity contribution is 7.89. The van der Waals surface area contributed by atoms with Gasteiger partial charge in [0.2, 0.25) is 10.0 Å². The monoisotopic (exact) mass is 307 g/mol. The molecule has 2 aromatic carbocycles. The van der Waals surface area contributed by atoms with Gasteiger partial charge in [0.1, 0.15) is 0 Å². The fourth-order valence-corrected chi connectivity index (χ4v) is 4.03. The summed E-state index contributed by atoms with van der Waals surface area (Å²) in [5.41, 5.74) is 0.549. The first-order valence-electron chi connectivity index (χ1n) is 6.37. The topological polar surface area (TPSA) is 46.2 Å². The molecule has 5 heteroatoms. The van der Waals surface area contributed by atoms with Crippen molar-refractivity contribution in [1.82, 2.24) is 4.72 Å². The van der Waals surface area contributed by atoms with Gasteiger partial charge >= 0.3 is 0 Å². The van der Waals surface area contributed by atoms with Crippen LogP contribution in [0.5, 0.6) is 0 Å². The van der Waals surface area contributed by atoms with Crippen molar-refractivity contribution in [1.29, 1.82) is 0 Å². The maximum absolute atomic E-state index is 12.4. The highest BCUT2D eigenvalue weighted by Crippen LogP contribution is 2.46. The van der Waals surface area contributed by atoms with Crippen LogP contribution in [0.25, 0.3) is 0 Å². The average Bonchev–Trinajstić information content (AvgIpc) is 3.20. The Morgan fingerprint density at radius 1 is 1.00 bits per heavy atom. The van der Waals surface area contributed by atoms with Crippen LogP contribution in [0.1, 0.15) is 18.4 Å². The molecule has 0 saturated heterocycles. The minimum atomic E-state index is -3.56. The molecule has 1 saturated carbocycles. The fourth-order valence-electron chi connectivity index (χ4n) is 2.28. The minimum absolute atomic E-state index is 0.201. The summed E-state index contributed by atoms with van der Waals surface area (Å²) in [6.45, 7) is 0. The van der Waals surface area contributed by atoms with E-state index in [-0.39, 0.29) is 4.90 Å². The van der Waals surface area contributed by atoms with Crippen LogP contribution in [0.4, 0.5) is 0 Å². The Balaban J connectivity index is 1.91. The molecular weight excluding hydrogens is 294 g/mol. The van der Waals surface area contributed by atoms with E-state index in [4.69, 9.17) is 11.6 Å². The molecule has 1 aliphatic rings. The molecule has 0 radical (unpaired) electrons. The summed E-state index contributed by atoms with van der Waals surface area (Å²) in [5, 5.41) is 0.414. The quantitative estimate of drug-likeness (QED) is 0.942. The van der Waals surface area contributed by atoms with Gasteiger partial charge in [-0.15, -0.1) is 0 Å². The Bertz CT molecular complexity index is 725. The van der Waals surface area contributed by atoms with Gasteiger partial charge in [0.25, 0.3) is 0 Å². The standard InChI is InChI=1S/C15H14ClNO2S/c16-13-7-4-8-14(11-13)20(18,19)17-15(9-10-15)12-5-2-1-3-6-12/h1-8,11,17H,9-10H2. The first-order valence-corrected chi connectivity index (χ1v) is 8.23. The van der Waals surface area contributed by atoms with E-state index in [1.54, 1.807) is 18.2 Å². The number of halogens is 1. The van der Waals surface area contributed by atoms with E-state index in [1.165, 1.54) is 6.07 Å². The lowest BCUT2D eigenvalue weighted by Gasteiger charge is -2.18. The van der Waals surface area contributed by atoms with Crippen LogP contribution in [0, 0.1) is 0 Å². The summed E-state index contributed by atoms with van der Waals surface area (Å²) in [6.07, 6.45) is 1.63. The van der Waals surface area contributed by atoms with Crippen molar-refractivity contribution in [3.05, 3.63) is 65.2 Å². The summed E-state index contributed by atoms with van der Waals surface area (Å²) in [5.74, 6) is 0. The molecule has 1 fully saturated rings. The van der Waals surface area contributed by atoms with Gasteiger partial charge in [-0.25, -0.2) is 13.1 Å². The van der Waals surface area contributed by atoms with Crippen molar-refractivity contribution in [2.24, 2.45) is 0 Å². The third-order valence-electron chi connectivity index (χ3n) is 3.51. The lowest BCUT2D eigenvalue weighted by atomic mass is 10.1. The van der Waals surface area contributed by atoms with E-state index in [9.17, 15) is 8.42 Å². The molecule has 0 bridgehead atoms. The van der Waals surface area contributed by atoms with E-state index < -0.39 is 15.6 Å². The van der Waals surface area contributed by atoms with Crippen LogP contribution < -0.4 is 4.72 Å². The summed E-state index contributed by atoms with van der Waals surface area (Å²) < 4.78 is 27.7. The Morgan fingerprint density at radius 2 is 1.70 bits per heavy atom. The van der Waals surface area contributed by atoms with Crippen molar-refractivity contribution in [2.45, 2.75) is 23.3 Å². The highest BCUT2D eigenvalue weighted by Gasteiger charge is 2.47. The molecule has 0 spiro atoms. The normalized spacial score (nSPS) is 16.9. The van der Waals surface area contributed by atoms with Gasteiger partial charge in [0.05, 0.1) is 10.4 Å². The van der Waals surface area contributed by atoms with Crippen LogP contribution in [0.2, 0.25) is 5.02 Å². The first kappa shape index (κ1) is 13.6. The van der Waals surface area contributed by atoms with Crippen LogP contribution in [-0.4, -0.2) is 8.42 Å². The summed E-state index contributed by atoms with van der Waals surface area (Å²) in [6, 6.07) is 16.0. The molecule has 0 aliphatic heterocycles. The van der Waals surface area contributed by atoms with Gasteiger partial charge < -0.3 is 0 Å². The lowest BCUT2D eigenvalue weighted by Crippen LogP contribution is -2.34. The second-order valence-corrected chi connectivity index (χ2v) is 7.13. The summed E-state index contributed by atoms with van der Waals surface area (Å²) in [7, 11) is -3.56. The van der Waals surface area contributed by atoms with Crippen molar-refractivity contribution in [2.75, 3.05) is 0 Å². The van der Waals surface area contributed by atoms with Crippen molar-refractivity contribution in [3.8, 4) is 0 Å². The SMILES string of the molecule is O=S(=O)(NC1(c2ccccc2)CC1)c1cccc(Cl)c1. The van der Waals surface area contributed by atoms with E-state index >= 15 is 0 Å². The molecule has 0 unspecified atom stereocenters. The number of sulfonamides is 1. The lowest BCUT2D eigenvalue weighted by molar-refractivity contribution is 0.551. The number of nitrogens with one attached hydrogen (secondary N) is 1. The van der Waals surface area contributed by atoms with Crippen LogP contribution >= 0.6 is 11.6 Å². The van der Waals surface area contributed by atoms with E-state index in [0.717, 1.165) is 18.4 Å². The summed E-state index contributed by atoms with van der Waals surface area (Å²) in [4.78, 5) is 0.201. The Kier molecular flexibility index (Phi) is 3.32. The largest absolute Gasteiger partial charge is 0.241 e. The Labute approximate surface area is 123 Å². The van der Waals surface area contributed by atoms with E-state index in [0.29, 0.717) is 5.02 Å². The zero-order chi connectivity index (χ0) is 14.2. The van der Waals surface area contributed by atoms with Crippen molar-refractivity contribution < 1.29 is 8.42 Å². The maximum Gasteiger partial charge on any atom is 0.241 e. The number of hydrogen-bond donors (Lipinski definition) is 1. The Hall–Kier alpha value is -1.36. The average molecular weight is 308 g/mol. The van der Waals surface area contributed by atoms with Crippen LogP contribution in [-0.2, 0) is 15.6 Å². The van der Waals surface area contributed by atoms with Gasteiger partial charge in [-0.05, 0) is 36.6 Å². The van der Waals surface area contributed by atoms with Crippen molar-refractivity contribution >= 4 is 21.6 Å². The number of hydrogen-bond acceptors (Lipinski definition) is 2. The van der Waals surface area contributed by atoms with Gasteiger partial charge in [-0.3, -0.25) is 0 Å². The Morgan fingerprint density at radius 3 is 2.30 bits per heavy atom. The predicted octanol–water partition coefficient (Wildman–Crippen LogP) is 3.31. The highest BCUT2D eigenvalue weighted by atomic mass is 35.5. The van der Waals surface area contributed by atoms with E-state index in [2.05, 4.69) is 4.72 Å². The van der Waals surface area contributed by atoms with Crippen LogP contribution in [0.15, 0.2) is 59.5 Å². The molecule has 3 nitrogen and oxygen atoms in total. The molecular formula is C15H14ClNO2S. The zero-order valence-electron chi connectivity index (χ0n) is 10.7. The van der Waals surface area contributed by atoms with Gasteiger partial charge in [-0.1, -0.05) is 48.0 Å². The van der Waals surface area contributed by atoms with Gasteiger partial charge in [0, 0.05) is 5.02 Å². The maximum atomic E-state index is 12.4. The minimum Gasteiger partial charge on any atom is -0.207 e. The van der Waals surface area contributed by atoms with Gasteiger partial charge in [-0.2, -0.15) is 0 Å². The predicted molar refractivity (Wildman–Crippen MR) is 79.1 cm³/mol. The molecule has 104 valence electrons. The first-order chi connectivity index (χ1) is 9.52. The number of rotatable bonds is 4. The number of benzene rings is 2. The molecule has 0 amide bonds. The molecule has 0 heterocycles. The fraction of sp³-hybridized carbons (Fsp3) is 0.200. The smallest absolute Gasteiger partial charge is 0.207 e. The summed E-state index contributed by atoms with van der Waals surface area (Å²) >= 11 is 5.86. The zero-order valence-corrected chi connectivity index (χ0v) is 12.3. The molecule has 20 heavy (non-hydrogen) atoms. The van der Waals surface area contributed by atoms with Gasteiger partial charge in [0.15, 0.2) is 0 Å². The van der Waals surface area contributed by atoms with Crippen LogP contribution in [0.3, 0.4) is 0 Å². The second kappa shape index (κ2) is 4.88. The molecule has 2 aromatic rings. The third kappa shape index (κ3) is 2.59. The second-order valence-electron chi connectivity index (χ2n) is 5.01. The molecule has 0 aromatic heterocycles. The molecule has 0 atom stereocenters. The third-order valence-corrected chi connectivity index (χ3v) is 5.28. The molecule has 1 aliphatic carbocycles.